The zero-order chi connectivity index (χ0) is 12.8. The van der Waals surface area contributed by atoms with Crippen molar-refractivity contribution in [2.45, 2.75) is 26.8 Å². The summed E-state index contributed by atoms with van der Waals surface area (Å²) in [6, 6.07) is 0. The summed E-state index contributed by atoms with van der Waals surface area (Å²) in [7, 11) is 1.90. The third kappa shape index (κ3) is 4.40. The van der Waals surface area contributed by atoms with E-state index in [9.17, 15) is 4.79 Å². The molecule has 94 valence electrons. The van der Waals surface area contributed by atoms with Crippen molar-refractivity contribution >= 4 is 5.97 Å². The number of hydrogen-bond acceptors (Lipinski definition) is 3. The quantitative estimate of drug-likeness (QED) is 0.727. The SMILES string of the molecule is CCc1nn(C)cc1CNC/C(C)=C/C(=O)O. The van der Waals surface area contributed by atoms with E-state index in [1.54, 1.807) is 11.6 Å². The van der Waals surface area contributed by atoms with Gasteiger partial charge in [0.05, 0.1) is 5.69 Å². The number of aliphatic carboxylic acids is 1. The van der Waals surface area contributed by atoms with Crippen LogP contribution in [0.4, 0.5) is 0 Å². The Morgan fingerprint density at radius 2 is 2.35 bits per heavy atom. The standard InChI is InChI=1S/C12H19N3O2/c1-4-11-10(8-15(3)14-11)7-13-6-9(2)5-12(16)17/h5,8,13H,4,6-7H2,1-3H3,(H,16,17)/b9-5+. The molecule has 0 aromatic carbocycles. The molecule has 5 nitrogen and oxygen atoms in total. The maximum absolute atomic E-state index is 10.4. The Kier molecular flexibility index (Phi) is 4.90. The molecule has 0 amide bonds. The first-order valence-electron chi connectivity index (χ1n) is 5.65. The molecule has 0 saturated heterocycles. The van der Waals surface area contributed by atoms with Crippen molar-refractivity contribution in [1.82, 2.24) is 15.1 Å². The van der Waals surface area contributed by atoms with Gasteiger partial charge in [-0.15, -0.1) is 0 Å². The minimum Gasteiger partial charge on any atom is -0.478 e. The highest BCUT2D eigenvalue weighted by Gasteiger charge is 2.05. The zero-order valence-electron chi connectivity index (χ0n) is 10.5. The third-order valence-electron chi connectivity index (χ3n) is 2.42. The molecule has 0 aliphatic heterocycles. The number of aromatic nitrogens is 2. The Labute approximate surface area is 101 Å². The second-order valence-electron chi connectivity index (χ2n) is 4.06. The van der Waals surface area contributed by atoms with Crippen molar-refractivity contribution < 1.29 is 9.90 Å². The summed E-state index contributed by atoms with van der Waals surface area (Å²) in [5.41, 5.74) is 3.05. The number of nitrogens with zero attached hydrogens (tertiary/aromatic N) is 2. The van der Waals surface area contributed by atoms with Gasteiger partial charge in [-0.1, -0.05) is 12.5 Å². The summed E-state index contributed by atoms with van der Waals surface area (Å²) in [4.78, 5) is 10.4. The molecule has 1 aromatic rings. The molecule has 17 heavy (non-hydrogen) atoms. The van der Waals surface area contributed by atoms with Crippen LogP contribution in [0.15, 0.2) is 17.8 Å². The normalized spacial score (nSPS) is 11.8. The van der Waals surface area contributed by atoms with Crippen LogP contribution in [-0.2, 0) is 24.8 Å². The molecule has 0 radical (unpaired) electrons. The lowest BCUT2D eigenvalue weighted by Crippen LogP contribution is -2.16. The van der Waals surface area contributed by atoms with Gasteiger partial charge in [0.15, 0.2) is 0 Å². The van der Waals surface area contributed by atoms with Crippen molar-refractivity contribution in [3.8, 4) is 0 Å². The minimum atomic E-state index is -0.903. The molecule has 0 aliphatic rings. The predicted octanol–water partition coefficient (Wildman–Crippen LogP) is 1.10. The van der Waals surface area contributed by atoms with Crippen LogP contribution < -0.4 is 5.32 Å². The first-order valence-corrected chi connectivity index (χ1v) is 5.65. The fourth-order valence-corrected chi connectivity index (χ4v) is 1.69. The van der Waals surface area contributed by atoms with E-state index in [1.807, 2.05) is 13.2 Å². The van der Waals surface area contributed by atoms with Crippen LogP contribution in [0.5, 0.6) is 0 Å². The van der Waals surface area contributed by atoms with Crippen LogP contribution in [0, 0.1) is 0 Å². The van der Waals surface area contributed by atoms with E-state index in [2.05, 4.69) is 17.3 Å². The van der Waals surface area contributed by atoms with Crippen LogP contribution in [-0.4, -0.2) is 27.4 Å². The second-order valence-corrected chi connectivity index (χ2v) is 4.06. The van der Waals surface area contributed by atoms with Crippen molar-refractivity contribution in [2.24, 2.45) is 7.05 Å². The summed E-state index contributed by atoms with van der Waals surface area (Å²) in [5.74, 6) is -0.903. The predicted molar refractivity (Wildman–Crippen MR) is 65.7 cm³/mol. The Hall–Kier alpha value is -1.62. The van der Waals surface area contributed by atoms with E-state index in [0.29, 0.717) is 13.1 Å². The monoisotopic (exact) mass is 237 g/mol. The largest absolute Gasteiger partial charge is 0.478 e. The zero-order valence-corrected chi connectivity index (χ0v) is 10.5. The van der Waals surface area contributed by atoms with E-state index in [0.717, 1.165) is 23.3 Å². The Morgan fingerprint density at radius 3 is 2.94 bits per heavy atom. The van der Waals surface area contributed by atoms with Gasteiger partial charge >= 0.3 is 5.97 Å². The lowest BCUT2D eigenvalue weighted by atomic mass is 10.2. The number of hydrogen-bond donors (Lipinski definition) is 2. The van der Waals surface area contributed by atoms with Crippen LogP contribution in [0.25, 0.3) is 0 Å². The summed E-state index contributed by atoms with van der Waals surface area (Å²) < 4.78 is 1.80. The Bertz CT molecular complexity index is 421. The molecule has 0 atom stereocenters. The van der Waals surface area contributed by atoms with E-state index in [4.69, 9.17) is 5.11 Å². The molecule has 1 rings (SSSR count). The molecule has 1 aromatic heterocycles. The Balaban J connectivity index is 2.48. The first kappa shape index (κ1) is 13.4. The fraction of sp³-hybridized carbons (Fsp3) is 0.500. The maximum atomic E-state index is 10.4. The van der Waals surface area contributed by atoms with Crippen molar-refractivity contribution in [3.63, 3.8) is 0 Å². The number of carbonyl (C=O) groups is 1. The molecule has 0 saturated carbocycles. The van der Waals surface area contributed by atoms with Crippen LogP contribution in [0.1, 0.15) is 25.1 Å². The smallest absolute Gasteiger partial charge is 0.328 e. The highest BCUT2D eigenvalue weighted by atomic mass is 16.4. The van der Waals surface area contributed by atoms with E-state index in [1.165, 1.54) is 6.08 Å². The second kappa shape index (κ2) is 6.20. The van der Waals surface area contributed by atoms with E-state index in [-0.39, 0.29) is 0 Å². The minimum absolute atomic E-state index is 0.574. The molecule has 1 heterocycles. The fourth-order valence-electron chi connectivity index (χ4n) is 1.69. The molecule has 0 aliphatic carbocycles. The summed E-state index contributed by atoms with van der Waals surface area (Å²) >= 11 is 0. The topological polar surface area (TPSA) is 67.2 Å². The number of rotatable bonds is 6. The van der Waals surface area contributed by atoms with E-state index < -0.39 is 5.97 Å². The van der Waals surface area contributed by atoms with Gasteiger partial charge in [-0.05, 0) is 13.3 Å². The van der Waals surface area contributed by atoms with Gasteiger partial charge in [0.1, 0.15) is 0 Å². The third-order valence-corrected chi connectivity index (χ3v) is 2.42. The summed E-state index contributed by atoms with van der Waals surface area (Å²) in [5, 5.41) is 16.1. The molecule has 0 unspecified atom stereocenters. The van der Waals surface area contributed by atoms with Crippen LogP contribution in [0.3, 0.4) is 0 Å². The molecule has 0 bridgehead atoms. The first-order chi connectivity index (χ1) is 8.02. The highest BCUT2D eigenvalue weighted by Crippen LogP contribution is 2.06. The summed E-state index contributed by atoms with van der Waals surface area (Å²) in [6.45, 7) is 5.15. The lowest BCUT2D eigenvalue weighted by molar-refractivity contribution is -0.131. The van der Waals surface area contributed by atoms with Gasteiger partial charge in [-0.25, -0.2) is 4.79 Å². The number of carboxylic acids is 1. The molecule has 5 heteroatoms. The van der Waals surface area contributed by atoms with Crippen molar-refractivity contribution in [2.75, 3.05) is 6.54 Å². The molecular formula is C12H19N3O2. The Morgan fingerprint density at radius 1 is 1.65 bits per heavy atom. The molecule has 2 N–H and O–H groups in total. The average Bonchev–Trinajstić information content (AvgIpc) is 2.57. The molecule has 0 spiro atoms. The van der Waals surface area contributed by atoms with Crippen molar-refractivity contribution in [3.05, 3.63) is 29.1 Å². The average molecular weight is 237 g/mol. The maximum Gasteiger partial charge on any atom is 0.328 e. The van der Waals surface area contributed by atoms with E-state index >= 15 is 0 Å². The van der Waals surface area contributed by atoms with Gasteiger partial charge in [0.2, 0.25) is 0 Å². The van der Waals surface area contributed by atoms with Crippen LogP contribution >= 0.6 is 0 Å². The number of aryl methyl sites for hydroxylation is 2. The van der Waals surface area contributed by atoms with Crippen molar-refractivity contribution in [1.29, 1.82) is 0 Å². The molecular weight excluding hydrogens is 218 g/mol. The van der Waals surface area contributed by atoms with Gasteiger partial charge in [-0.2, -0.15) is 5.10 Å². The lowest BCUT2D eigenvalue weighted by Gasteiger charge is -2.04. The van der Waals surface area contributed by atoms with Gasteiger partial charge in [0.25, 0.3) is 0 Å². The molecule has 0 fully saturated rings. The number of carboxylic acid groups (broad SMARTS) is 1. The van der Waals surface area contributed by atoms with Gasteiger partial charge in [-0.3, -0.25) is 4.68 Å². The highest BCUT2D eigenvalue weighted by molar-refractivity contribution is 5.80. The summed E-state index contributed by atoms with van der Waals surface area (Å²) in [6.07, 6.45) is 4.11. The number of nitrogens with one attached hydrogen (secondary N) is 1. The van der Waals surface area contributed by atoms with Gasteiger partial charge < -0.3 is 10.4 Å². The van der Waals surface area contributed by atoms with Gasteiger partial charge in [0, 0.05) is 38.0 Å². The van der Waals surface area contributed by atoms with Crippen LogP contribution in [0.2, 0.25) is 0 Å².